The van der Waals surface area contributed by atoms with Gasteiger partial charge in [-0.1, -0.05) is 58.4 Å². The van der Waals surface area contributed by atoms with Gasteiger partial charge in [0, 0.05) is 21.0 Å². The highest BCUT2D eigenvalue weighted by atomic mass is 79.9. The van der Waals surface area contributed by atoms with E-state index in [0.29, 0.717) is 28.0 Å². The minimum absolute atomic E-state index is 0.228. The summed E-state index contributed by atoms with van der Waals surface area (Å²) in [5, 5.41) is 3.71. The molecule has 0 saturated carbocycles. The molecule has 162 valence electrons. The normalized spacial score (nSPS) is 10.9. The van der Waals surface area contributed by atoms with Gasteiger partial charge in [0.2, 0.25) is 0 Å². The Balaban J connectivity index is 1.27. The van der Waals surface area contributed by atoms with Crippen molar-refractivity contribution >= 4 is 32.8 Å². The van der Waals surface area contributed by atoms with Crippen LogP contribution in [0.15, 0.2) is 109 Å². The van der Waals surface area contributed by atoms with Crippen molar-refractivity contribution in [1.29, 1.82) is 0 Å². The van der Waals surface area contributed by atoms with Gasteiger partial charge in [-0.3, -0.25) is 4.79 Å². The molecule has 3 aromatic carbocycles. The zero-order chi connectivity index (χ0) is 22.8. The van der Waals surface area contributed by atoms with Crippen LogP contribution in [0.5, 0.6) is 0 Å². The molecule has 5 rings (SSSR count). The highest BCUT2D eigenvalue weighted by molar-refractivity contribution is 9.10. The van der Waals surface area contributed by atoms with E-state index in [-0.39, 0.29) is 12.5 Å². The predicted octanol–water partition coefficient (Wildman–Crippen LogP) is 6.41. The van der Waals surface area contributed by atoms with E-state index in [4.69, 9.17) is 8.83 Å². The summed E-state index contributed by atoms with van der Waals surface area (Å²) in [5.41, 5.74) is 2.73. The van der Waals surface area contributed by atoms with Crippen LogP contribution in [0.3, 0.4) is 0 Å². The van der Waals surface area contributed by atoms with Crippen LogP contribution in [0.4, 0.5) is 0 Å². The number of carbonyl (C=O) groups excluding carboxylic acids is 1. The molecular weight excluding hydrogens is 482 g/mol. The number of para-hydroxylation sites is 1. The lowest BCUT2D eigenvalue weighted by Crippen LogP contribution is -2.22. The average molecular weight is 500 g/mol. The van der Waals surface area contributed by atoms with Crippen molar-refractivity contribution in [3.05, 3.63) is 117 Å². The molecule has 1 N–H and O–H groups in total. The summed E-state index contributed by atoms with van der Waals surface area (Å²) in [7, 11) is 0. The third kappa shape index (κ3) is 4.52. The largest absolute Gasteiger partial charge is 0.459 e. The van der Waals surface area contributed by atoms with E-state index in [1.54, 1.807) is 36.4 Å². The van der Waals surface area contributed by atoms with Gasteiger partial charge in [-0.15, -0.1) is 0 Å². The highest BCUT2D eigenvalue weighted by Gasteiger charge is 2.11. The molecule has 0 aliphatic carbocycles. The van der Waals surface area contributed by atoms with Gasteiger partial charge in [0.15, 0.2) is 0 Å². The van der Waals surface area contributed by atoms with Gasteiger partial charge in [0.1, 0.15) is 17.1 Å². The second-order valence-corrected chi connectivity index (χ2v) is 8.43. The van der Waals surface area contributed by atoms with Crippen molar-refractivity contribution in [2.45, 2.75) is 6.54 Å². The topological polar surface area (TPSA) is 72.5 Å². The number of fused-ring (bicyclic) bond motifs is 1. The van der Waals surface area contributed by atoms with E-state index >= 15 is 0 Å². The number of carbonyl (C=O) groups is 1. The standard InChI is InChI=1S/C27H18BrNO4/c28-21-11-9-18(10-12-21)25-14-13-22(32-25)16-29-26(30)19-7-5-17(6-8-19)23-15-20-3-1-2-4-24(20)33-27(23)31/h1-15H,16H2,(H,29,30). The van der Waals surface area contributed by atoms with Gasteiger partial charge in [-0.05, 0) is 54.1 Å². The minimum atomic E-state index is -0.412. The van der Waals surface area contributed by atoms with Crippen molar-refractivity contribution in [3.8, 4) is 22.5 Å². The Kier molecular flexibility index (Phi) is 5.67. The zero-order valence-electron chi connectivity index (χ0n) is 17.4. The lowest BCUT2D eigenvalue weighted by Gasteiger charge is -2.06. The Morgan fingerprint density at radius 2 is 1.55 bits per heavy atom. The number of hydrogen-bond acceptors (Lipinski definition) is 4. The Morgan fingerprint density at radius 1 is 0.818 bits per heavy atom. The maximum atomic E-state index is 12.6. The maximum absolute atomic E-state index is 12.6. The molecule has 33 heavy (non-hydrogen) atoms. The van der Waals surface area contributed by atoms with E-state index in [2.05, 4.69) is 21.2 Å². The highest BCUT2D eigenvalue weighted by Crippen LogP contribution is 2.24. The fraction of sp³-hybridized carbons (Fsp3) is 0.0370. The van der Waals surface area contributed by atoms with Crippen molar-refractivity contribution in [3.63, 3.8) is 0 Å². The Bertz CT molecular complexity index is 1500. The van der Waals surface area contributed by atoms with Crippen molar-refractivity contribution in [2.24, 2.45) is 0 Å². The second kappa shape index (κ2) is 8.92. The number of benzene rings is 3. The SMILES string of the molecule is O=C(NCc1ccc(-c2ccc(Br)cc2)o1)c1ccc(-c2cc3ccccc3oc2=O)cc1. The zero-order valence-corrected chi connectivity index (χ0v) is 19.0. The third-order valence-corrected chi connectivity index (χ3v) is 5.84. The van der Waals surface area contributed by atoms with Crippen LogP contribution in [-0.4, -0.2) is 5.91 Å². The molecule has 2 aromatic heterocycles. The van der Waals surface area contributed by atoms with Gasteiger partial charge < -0.3 is 14.2 Å². The van der Waals surface area contributed by atoms with Crippen molar-refractivity contribution < 1.29 is 13.6 Å². The van der Waals surface area contributed by atoms with E-state index in [1.165, 1.54) is 0 Å². The molecule has 0 saturated heterocycles. The van der Waals surface area contributed by atoms with Crippen LogP contribution < -0.4 is 10.9 Å². The van der Waals surface area contributed by atoms with Crippen molar-refractivity contribution in [2.75, 3.05) is 0 Å². The summed E-state index contributed by atoms with van der Waals surface area (Å²) in [6.07, 6.45) is 0. The van der Waals surface area contributed by atoms with E-state index < -0.39 is 5.63 Å². The summed E-state index contributed by atoms with van der Waals surface area (Å²) in [6.45, 7) is 0.269. The van der Waals surface area contributed by atoms with Gasteiger partial charge in [-0.2, -0.15) is 0 Å². The molecule has 0 unspecified atom stereocenters. The van der Waals surface area contributed by atoms with Crippen LogP contribution in [-0.2, 0) is 6.54 Å². The summed E-state index contributed by atoms with van der Waals surface area (Å²) in [5.74, 6) is 1.17. The van der Waals surface area contributed by atoms with E-state index in [1.807, 2.05) is 54.6 Å². The molecule has 6 heteroatoms. The third-order valence-electron chi connectivity index (χ3n) is 5.31. The van der Waals surface area contributed by atoms with Crippen molar-refractivity contribution in [1.82, 2.24) is 5.32 Å². The predicted molar refractivity (Wildman–Crippen MR) is 131 cm³/mol. The Hall–Kier alpha value is -3.90. The molecular formula is C27H18BrNO4. The number of furan rings is 1. The second-order valence-electron chi connectivity index (χ2n) is 7.52. The molecule has 5 aromatic rings. The first-order valence-electron chi connectivity index (χ1n) is 10.3. The van der Waals surface area contributed by atoms with Gasteiger partial charge in [-0.25, -0.2) is 4.79 Å². The Labute approximate surface area is 197 Å². The summed E-state index contributed by atoms with van der Waals surface area (Å²) in [6, 6.07) is 27.6. The van der Waals surface area contributed by atoms with Crippen LogP contribution in [0.1, 0.15) is 16.1 Å². The monoisotopic (exact) mass is 499 g/mol. The summed E-state index contributed by atoms with van der Waals surface area (Å²) >= 11 is 3.42. The molecule has 0 fully saturated rings. The molecule has 0 atom stereocenters. The van der Waals surface area contributed by atoms with E-state index in [9.17, 15) is 9.59 Å². The first-order valence-corrected chi connectivity index (χ1v) is 11.1. The number of nitrogens with one attached hydrogen (secondary N) is 1. The van der Waals surface area contributed by atoms with Gasteiger partial charge in [0.05, 0.1) is 12.1 Å². The minimum Gasteiger partial charge on any atom is -0.459 e. The number of halogens is 1. The van der Waals surface area contributed by atoms with Gasteiger partial charge >= 0.3 is 5.63 Å². The fourth-order valence-corrected chi connectivity index (χ4v) is 3.84. The molecule has 2 heterocycles. The fourth-order valence-electron chi connectivity index (χ4n) is 3.58. The summed E-state index contributed by atoms with van der Waals surface area (Å²) in [4.78, 5) is 25.0. The smallest absolute Gasteiger partial charge is 0.344 e. The van der Waals surface area contributed by atoms with Crippen LogP contribution in [0.2, 0.25) is 0 Å². The van der Waals surface area contributed by atoms with E-state index in [0.717, 1.165) is 21.2 Å². The van der Waals surface area contributed by atoms with Gasteiger partial charge in [0.25, 0.3) is 5.91 Å². The Morgan fingerprint density at radius 3 is 2.33 bits per heavy atom. The molecule has 0 spiro atoms. The molecule has 0 bridgehead atoms. The molecule has 0 aliphatic rings. The number of hydrogen-bond donors (Lipinski definition) is 1. The lowest BCUT2D eigenvalue weighted by atomic mass is 10.0. The quantitative estimate of drug-likeness (QED) is 0.283. The molecule has 0 aliphatic heterocycles. The lowest BCUT2D eigenvalue weighted by molar-refractivity contribution is 0.0948. The number of amides is 1. The average Bonchev–Trinajstić information content (AvgIpc) is 3.32. The summed E-state index contributed by atoms with van der Waals surface area (Å²) < 4.78 is 12.2. The van der Waals surface area contributed by atoms with Crippen LogP contribution >= 0.6 is 15.9 Å². The molecule has 1 amide bonds. The number of rotatable bonds is 5. The first-order chi connectivity index (χ1) is 16.1. The molecule has 5 nitrogen and oxygen atoms in total. The first kappa shape index (κ1) is 21.0. The molecule has 0 radical (unpaired) electrons. The van der Waals surface area contributed by atoms with Crippen LogP contribution in [0, 0.1) is 0 Å². The van der Waals surface area contributed by atoms with Crippen LogP contribution in [0.25, 0.3) is 33.4 Å². The maximum Gasteiger partial charge on any atom is 0.344 e.